The van der Waals surface area contributed by atoms with Crippen LogP contribution in [0.2, 0.25) is 0 Å². The van der Waals surface area contributed by atoms with Gasteiger partial charge < -0.3 is 5.32 Å². The Morgan fingerprint density at radius 3 is 2.41 bits per heavy atom. The first-order valence-corrected chi connectivity index (χ1v) is 6.47. The molecule has 2 nitrogen and oxygen atoms in total. The molecule has 2 rings (SSSR count). The molecule has 1 heterocycles. The predicted molar refractivity (Wildman–Crippen MR) is 71.7 cm³/mol. The maximum absolute atomic E-state index is 4.18. The highest BCUT2D eigenvalue weighted by Crippen LogP contribution is 2.67. The number of nitrogens with zero attached hydrogens (tertiary/aromatic N) is 1. The van der Waals surface area contributed by atoms with Gasteiger partial charge in [0.15, 0.2) is 0 Å². The molecule has 1 saturated carbocycles. The van der Waals surface area contributed by atoms with Crippen LogP contribution in [0.1, 0.15) is 38.8 Å². The van der Waals surface area contributed by atoms with Crippen molar-refractivity contribution in [3.8, 4) is 0 Å². The molecule has 1 aliphatic rings. The van der Waals surface area contributed by atoms with Crippen molar-refractivity contribution in [2.45, 2.75) is 41.2 Å². The number of hydrogen-bond donors (Lipinski definition) is 1. The number of nitrogens with one attached hydrogen (secondary N) is 1. The van der Waals surface area contributed by atoms with E-state index in [4.69, 9.17) is 0 Å². The Morgan fingerprint density at radius 2 is 1.88 bits per heavy atom. The van der Waals surface area contributed by atoms with Gasteiger partial charge in [-0.1, -0.05) is 27.7 Å². The fourth-order valence-electron chi connectivity index (χ4n) is 2.88. The molecule has 17 heavy (non-hydrogen) atoms. The lowest BCUT2D eigenvalue weighted by atomic mass is 10.0. The summed E-state index contributed by atoms with van der Waals surface area (Å²) in [5, 5.41) is 3.58. The summed E-state index contributed by atoms with van der Waals surface area (Å²) in [5.41, 5.74) is 3.58. The Bertz CT molecular complexity index is 393. The smallest absolute Gasteiger partial charge is 0.0315 e. The summed E-state index contributed by atoms with van der Waals surface area (Å²) in [7, 11) is 0. The molecule has 1 aliphatic carbocycles. The maximum atomic E-state index is 4.18. The molecule has 0 radical (unpaired) electrons. The van der Waals surface area contributed by atoms with Gasteiger partial charge in [0.25, 0.3) is 0 Å². The lowest BCUT2D eigenvalue weighted by Crippen LogP contribution is -2.19. The molecule has 0 atom stereocenters. The molecular weight excluding hydrogens is 208 g/mol. The predicted octanol–water partition coefficient (Wildman–Crippen LogP) is 3.16. The number of aryl methyl sites for hydroxylation is 1. The van der Waals surface area contributed by atoms with Crippen molar-refractivity contribution < 1.29 is 0 Å². The molecule has 1 aromatic rings. The zero-order valence-electron chi connectivity index (χ0n) is 11.7. The minimum atomic E-state index is 0.476. The SMILES string of the molecule is Cc1ccncc1CNCC1C(C)(C)C1(C)C. The second kappa shape index (κ2) is 4.09. The molecule has 0 aromatic carbocycles. The van der Waals surface area contributed by atoms with Crippen molar-refractivity contribution in [2.75, 3.05) is 6.54 Å². The Morgan fingerprint density at radius 1 is 1.24 bits per heavy atom. The highest BCUT2D eigenvalue weighted by atomic mass is 14.9. The molecule has 1 N–H and O–H groups in total. The minimum absolute atomic E-state index is 0.476. The first kappa shape index (κ1) is 12.6. The fourth-order valence-corrected chi connectivity index (χ4v) is 2.88. The summed E-state index contributed by atoms with van der Waals surface area (Å²) < 4.78 is 0. The molecular formula is C15H24N2. The van der Waals surface area contributed by atoms with Gasteiger partial charge in [0.05, 0.1) is 0 Å². The second-order valence-corrected chi connectivity index (χ2v) is 6.43. The second-order valence-electron chi connectivity index (χ2n) is 6.43. The first-order chi connectivity index (χ1) is 7.87. The largest absolute Gasteiger partial charge is 0.312 e. The van der Waals surface area contributed by atoms with Crippen LogP contribution >= 0.6 is 0 Å². The summed E-state index contributed by atoms with van der Waals surface area (Å²) >= 11 is 0. The maximum Gasteiger partial charge on any atom is 0.0315 e. The van der Waals surface area contributed by atoms with Gasteiger partial charge >= 0.3 is 0 Å². The standard InChI is InChI=1S/C15H24N2/c1-11-6-7-16-8-12(11)9-17-10-13-14(2,3)15(13,4)5/h6-8,13,17H,9-10H2,1-5H3. The van der Waals surface area contributed by atoms with E-state index in [-0.39, 0.29) is 0 Å². The van der Waals surface area contributed by atoms with E-state index in [0.29, 0.717) is 10.8 Å². The van der Waals surface area contributed by atoms with E-state index in [9.17, 15) is 0 Å². The third-order valence-electron chi connectivity index (χ3n) is 5.13. The molecule has 94 valence electrons. The summed E-state index contributed by atoms with van der Waals surface area (Å²) in [6.45, 7) is 13.7. The van der Waals surface area contributed by atoms with Gasteiger partial charge in [0, 0.05) is 18.9 Å². The van der Waals surface area contributed by atoms with Crippen LogP contribution in [0.4, 0.5) is 0 Å². The van der Waals surface area contributed by atoms with Gasteiger partial charge in [-0.3, -0.25) is 4.98 Å². The molecule has 0 aliphatic heterocycles. The van der Waals surface area contributed by atoms with E-state index in [0.717, 1.165) is 19.0 Å². The Labute approximate surface area is 105 Å². The van der Waals surface area contributed by atoms with Crippen LogP contribution < -0.4 is 5.32 Å². The summed E-state index contributed by atoms with van der Waals surface area (Å²) in [5.74, 6) is 0.784. The van der Waals surface area contributed by atoms with Crippen LogP contribution in [-0.2, 0) is 6.54 Å². The van der Waals surface area contributed by atoms with Gasteiger partial charge in [-0.2, -0.15) is 0 Å². The third-order valence-corrected chi connectivity index (χ3v) is 5.13. The molecule has 0 saturated heterocycles. The van der Waals surface area contributed by atoms with Crippen LogP contribution in [-0.4, -0.2) is 11.5 Å². The minimum Gasteiger partial charge on any atom is -0.312 e. The van der Waals surface area contributed by atoms with Crippen molar-refractivity contribution in [1.29, 1.82) is 0 Å². The molecule has 0 bridgehead atoms. The van der Waals surface area contributed by atoms with Crippen molar-refractivity contribution in [2.24, 2.45) is 16.7 Å². The van der Waals surface area contributed by atoms with Crippen molar-refractivity contribution >= 4 is 0 Å². The summed E-state index contributed by atoms with van der Waals surface area (Å²) in [6.07, 6.45) is 3.82. The van der Waals surface area contributed by atoms with Crippen LogP contribution in [0.25, 0.3) is 0 Å². The molecule has 1 aromatic heterocycles. The number of hydrogen-bond acceptors (Lipinski definition) is 2. The molecule has 2 heteroatoms. The van der Waals surface area contributed by atoms with E-state index in [1.165, 1.54) is 11.1 Å². The normalized spacial score (nSPS) is 21.5. The van der Waals surface area contributed by atoms with E-state index in [2.05, 4.69) is 51.0 Å². The monoisotopic (exact) mass is 232 g/mol. The van der Waals surface area contributed by atoms with Gasteiger partial charge in [0.2, 0.25) is 0 Å². The Kier molecular flexibility index (Phi) is 3.03. The lowest BCUT2D eigenvalue weighted by Gasteiger charge is -2.08. The van der Waals surface area contributed by atoms with Gasteiger partial charge in [-0.25, -0.2) is 0 Å². The van der Waals surface area contributed by atoms with Crippen molar-refractivity contribution in [3.63, 3.8) is 0 Å². The van der Waals surface area contributed by atoms with Gasteiger partial charge in [-0.15, -0.1) is 0 Å². The number of aromatic nitrogens is 1. The first-order valence-electron chi connectivity index (χ1n) is 6.47. The zero-order chi connectivity index (χ0) is 12.7. The average Bonchev–Trinajstić information content (AvgIpc) is 2.63. The summed E-state index contributed by atoms with van der Waals surface area (Å²) in [4.78, 5) is 4.18. The number of pyridine rings is 1. The molecule has 0 unspecified atom stereocenters. The van der Waals surface area contributed by atoms with Crippen LogP contribution in [0.15, 0.2) is 18.5 Å². The fraction of sp³-hybridized carbons (Fsp3) is 0.667. The quantitative estimate of drug-likeness (QED) is 0.862. The Balaban J connectivity index is 1.84. The Hall–Kier alpha value is -0.890. The van der Waals surface area contributed by atoms with E-state index in [1.54, 1.807) is 0 Å². The highest BCUT2D eigenvalue weighted by Gasteiger charge is 2.63. The highest BCUT2D eigenvalue weighted by molar-refractivity contribution is 5.21. The zero-order valence-corrected chi connectivity index (χ0v) is 11.7. The van der Waals surface area contributed by atoms with Gasteiger partial charge in [-0.05, 0) is 47.4 Å². The van der Waals surface area contributed by atoms with E-state index >= 15 is 0 Å². The van der Waals surface area contributed by atoms with Crippen LogP contribution in [0.5, 0.6) is 0 Å². The molecule has 0 amide bonds. The van der Waals surface area contributed by atoms with Crippen LogP contribution in [0, 0.1) is 23.7 Å². The lowest BCUT2D eigenvalue weighted by molar-refractivity contribution is 0.457. The topological polar surface area (TPSA) is 24.9 Å². The third kappa shape index (κ3) is 2.11. The van der Waals surface area contributed by atoms with E-state index < -0.39 is 0 Å². The van der Waals surface area contributed by atoms with Gasteiger partial charge in [0.1, 0.15) is 0 Å². The van der Waals surface area contributed by atoms with Crippen molar-refractivity contribution in [1.82, 2.24) is 10.3 Å². The summed E-state index contributed by atoms with van der Waals surface area (Å²) in [6, 6.07) is 2.07. The van der Waals surface area contributed by atoms with Crippen LogP contribution in [0.3, 0.4) is 0 Å². The van der Waals surface area contributed by atoms with Crippen molar-refractivity contribution in [3.05, 3.63) is 29.6 Å². The van der Waals surface area contributed by atoms with E-state index in [1.807, 2.05) is 12.4 Å². The number of rotatable bonds is 4. The molecule has 1 fully saturated rings. The molecule has 0 spiro atoms. The average molecular weight is 232 g/mol.